The number of aryl methyl sites for hydroxylation is 1. The molecule has 114 valence electrons. The van der Waals surface area contributed by atoms with Crippen LogP contribution in [0.2, 0.25) is 5.02 Å². The third-order valence-electron chi connectivity index (χ3n) is 2.81. The van der Waals surface area contributed by atoms with Crippen LogP contribution >= 0.6 is 35.3 Å². The number of carbonyl (C=O) groups excluding carboxylic acids is 1. The van der Waals surface area contributed by atoms with Gasteiger partial charge in [-0.3, -0.25) is 4.79 Å². The van der Waals surface area contributed by atoms with E-state index in [0.29, 0.717) is 5.13 Å². The van der Waals surface area contributed by atoms with Crippen molar-refractivity contribution in [1.29, 1.82) is 0 Å². The summed E-state index contributed by atoms with van der Waals surface area (Å²) in [6.45, 7) is 2.32. The van der Waals surface area contributed by atoms with E-state index in [1.54, 1.807) is 13.2 Å². The highest BCUT2D eigenvalue weighted by Gasteiger charge is 2.08. The molecule has 0 saturated carbocycles. The molecule has 4 nitrogen and oxygen atoms in total. The minimum atomic E-state index is -0.0870. The number of aromatic nitrogens is 1. The number of carbonyl (C=O) groups is 1. The molecule has 1 amide bonds. The maximum Gasteiger partial charge on any atom is 0.240 e. The first-order valence-corrected chi connectivity index (χ1v) is 7.42. The molecule has 1 aromatic heterocycles. The lowest BCUT2D eigenvalue weighted by Gasteiger charge is -2.04. The average Bonchev–Trinajstić information content (AvgIpc) is 2.80. The molecule has 2 N–H and O–H groups in total. The molecular formula is C14H17Cl2N3OS. The van der Waals surface area contributed by atoms with Gasteiger partial charge in [-0.15, -0.1) is 23.7 Å². The van der Waals surface area contributed by atoms with Crippen LogP contribution in [0.25, 0.3) is 0 Å². The Balaban J connectivity index is 0.00000220. The minimum absolute atomic E-state index is 0. The molecule has 1 heterocycles. The lowest BCUT2D eigenvalue weighted by Crippen LogP contribution is -2.24. The second kappa shape index (κ2) is 8.34. The first-order valence-electron chi connectivity index (χ1n) is 6.22. The summed E-state index contributed by atoms with van der Waals surface area (Å²) in [5.41, 5.74) is 2.37. The van der Waals surface area contributed by atoms with E-state index in [-0.39, 0.29) is 24.9 Å². The van der Waals surface area contributed by atoms with Crippen LogP contribution in [-0.4, -0.2) is 24.5 Å². The number of nitrogens with zero attached hydrogens (tertiary/aromatic N) is 1. The zero-order valence-corrected chi connectivity index (χ0v) is 14.2. The van der Waals surface area contributed by atoms with Crippen LogP contribution in [0.3, 0.4) is 0 Å². The van der Waals surface area contributed by atoms with Crippen molar-refractivity contribution in [3.8, 4) is 0 Å². The van der Waals surface area contributed by atoms with Crippen molar-refractivity contribution in [2.24, 2.45) is 0 Å². The summed E-state index contributed by atoms with van der Waals surface area (Å²) in [6, 6.07) is 5.87. The first-order chi connectivity index (χ1) is 9.58. The van der Waals surface area contributed by atoms with Crippen molar-refractivity contribution in [1.82, 2.24) is 10.3 Å². The Labute approximate surface area is 139 Å². The predicted octanol–water partition coefficient (Wildman–Crippen LogP) is 3.28. The fourth-order valence-electron chi connectivity index (χ4n) is 1.82. The second-order valence-corrected chi connectivity index (χ2v) is 6.01. The maximum atomic E-state index is 11.5. The number of anilines is 1. The van der Waals surface area contributed by atoms with E-state index in [2.05, 4.69) is 15.6 Å². The van der Waals surface area contributed by atoms with Gasteiger partial charge in [0.05, 0.1) is 6.54 Å². The Kier molecular flexibility index (Phi) is 7.11. The van der Waals surface area contributed by atoms with E-state index < -0.39 is 0 Å². The van der Waals surface area contributed by atoms with Crippen molar-refractivity contribution in [2.45, 2.75) is 13.3 Å². The van der Waals surface area contributed by atoms with E-state index in [4.69, 9.17) is 11.6 Å². The molecule has 0 aliphatic heterocycles. The molecule has 21 heavy (non-hydrogen) atoms. The lowest BCUT2D eigenvalue weighted by atomic mass is 10.1. The number of halogens is 2. The molecule has 0 aliphatic carbocycles. The maximum absolute atomic E-state index is 11.5. The molecule has 0 radical (unpaired) electrons. The molecule has 0 saturated heterocycles. The van der Waals surface area contributed by atoms with Crippen molar-refractivity contribution >= 4 is 46.4 Å². The number of hydrogen-bond donors (Lipinski definition) is 2. The van der Waals surface area contributed by atoms with Crippen LogP contribution in [0.1, 0.15) is 16.0 Å². The van der Waals surface area contributed by atoms with Gasteiger partial charge in [0.25, 0.3) is 0 Å². The molecule has 1 aromatic carbocycles. The first kappa shape index (κ1) is 17.9. The highest BCUT2D eigenvalue weighted by molar-refractivity contribution is 7.15. The molecule has 0 fully saturated rings. The summed E-state index contributed by atoms with van der Waals surface area (Å²) in [5.74, 6) is -0.0870. The predicted molar refractivity (Wildman–Crippen MR) is 90.9 cm³/mol. The normalized spacial score (nSPS) is 10.0. The number of amides is 1. The van der Waals surface area contributed by atoms with Crippen molar-refractivity contribution in [3.05, 3.63) is 45.4 Å². The molecule has 0 unspecified atom stereocenters. The van der Waals surface area contributed by atoms with Crippen LogP contribution in [-0.2, 0) is 11.2 Å². The summed E-state index contributed by atoms with van der Waals surface area (Å²) < 4.78 is 0. The summed E-state index contributed by atoms with van der Waals surface area (Å²) in [4.78, 5) is 16.8. The van der Waals surface area contributed by atoms with E-state index >= 15 is 0 Å². The highest BCUT2D eigenvalue weighted by Crippen LogP contribution is 2.23. The van der Waals surface area contributed by atoms with Gasteiger partial charge in [0.2, 0.25) is 5.91 Å². The zero-order chi connectivity index (χ0) is 14.5. The van der Waals surface area contributed by atoms with E-state index in [0.717, 1.165) is 21.9 Å². The van der Waals surface area contributed by atoms with Crippen LogP contribution in [0, 0.1) is 6.92 Å². The SMILES string of the molecule is CNCC(=O)Nc1ncc(Cc2ccc(Cl)cc2C)s1.Cl. The number of thiazole rings is 1. The van der Waals surface area contributed by atoms with Gasteiger partial charge in [-0.1, -0.05) is 17.7 Å². The van der Waals surface area contributed by atoms with E-state index in [1.165, 1.54) is 16.9 Å². The molecule has 2 rings (SSSR count). The second-order valence-electron chi connectivity index (χ2n) is 4.46. The third kappa shape index (κ3) is 5.28. The molecule has 0 spiro atoms. The number of likely N-dealkylation sites (N-methyl/N-ethyl adjacent to an activating group) is 1. The monoisotopic (exact) mass is 345 g/mol. The number of benzene rings is 1. The number of hydrogen-bond acceptors (Lipinski definition) is 4. The van der Waals surface area contributed by atoms with Gasteiger partial charge in [0.1, 0.15) is 0 Å². The standard InChI is InChI=1S/C14H16ClN3OS.ClH/c1-9-5-11(15)4-3-10(9)6-12-7-17-14(20-12)18-13(19)8-16-2;/h3-5,7,16H,6,8H2,1-2H3,(H,17,18,19);1H. The van der Waals surface area contributed by atoms with Crippen LogP contribution < -0.4 is 10.6 Å². The Morgan fingerprint density at radius 1 is 1.43 bits per heavy atom. The van der Waals surface area contributed by atoms with Gasteiger partial charge in [0.15, 0.2) is 5.13 Å². The van der Waals surface area contributed by atoms with Crippen molar-refractivity contribution in [2.75, 3.05) is 18.9 Å². The quantitative estimate of drug-likeness (QED) is 0.874. The lowest BCUT2D eigenvalue weighted by molar-refractivity contribution is -0.115. The summed E-state index contributed by atoms with van der Waals surface area (Å²) in [7, 11) is 1.73. The van der Waals surface area contributed by atoms with Gasteiger partial charge >= 0.3 is 0 Å². The Bertz CT molecular complexity index is 616. The topological polar surface area (TPSA) is 54.0 Å². The summed E-state index contributed by atoms with van der Waals surface area (Å²) in [5, 5.41) is 6.93. The van der Waals surface area contributed by atoms with Gasteiger partial charge in [-0.25, -0.2) is 4.98 Å². The molecule has 2 aromatic rings. The fourth-order valence-corrected chi connectivity index (χ4v) is 2.89. The number of nitrogens with one attached hydrogen (secondary N) is 2. The molecule has 0 aliphatic rings. The van der Waals surface area contributed by atoms with Crippen LogP contribution in [0.5, 0.6) is 0 Å². The van der Waals surface area contributed by atoms with E-state index in [9.17, 15) is 4.79 Å². The van der Waals surface area contributed by atoms with Gasteiger partial charge in [-0.05, 0) is 37.2 Å². The summed E-state index contributed by atoms with van der Waals surface area (Å²) in [6.07, 6.45) is 2.59. The molecule has 0 atom stereocenters. The molecular weight excluding hydrogens is 329 g/mol. The van der Waals surface area contributed by atoms with Crippen molar-refractivity contribution in [3.63, 3.8) is 0 Å². The van der Waals surface area contributed by atoms with Crippen LogP contribution in [0.15, 0.2) is 24.4 Å². The fraction of sp³-hybridized carbons (Fsp3) is 0.286. The number of rotatable bonds is 5. The third-order valence-corrected chi connectivity index (χ3v) is 3.95. The van der Waals surface area contributed by atoms with Crippen LogP contribution in [0.4, 0.5) is 5.13 Å². The van der Waals surface area contributed by atoms with Gasteiger partial charge < -0.3 is 10.6 Å². The molecule has 7 heteroatoms. The summed E-state index contributed by atoms with van der Waals surface area (Å²) >= 11 is 7.44. The Hall–Kier alpha value is -1.14. The Morgan fingerprint density at radius 3 is 2.86 bits per heavy atom. The zero-order valence-electron chi connectivity index (χ0n) is 11.8. The molecule has 0 bridgehead atoms. The van der Waals surface area contributed by atoms with Crippen molar-refractivity contribution < 1.29 is 4.79 Å². The highest BCUT2D eigenvalue weighted by atomic mass is 35.5. The minimum Gasteiger partial charge on any atom is -0.311 e. The Morgan fingerprint density at radius 2 is 2.19 bits per heavy atom. The van der Waals surface area contributed by atoms with Gasteiger partial charge in [0, 0.05) is 22.5 Å². The van der Waals surface area contributed by atoms with Gasteiger partial charge in [-0.2, -0.15) is 0 Å². The smallest absolute Gasteiger partial charge is 0.240 e. The largest absolute Gasteiger partial charge is 0.311 e. The average molecular weight is 346 g/mol. The van der Waals surface area contributed by atoms with E-state index in [1.807, 2.05) is 25.1 Å².